The minimum atomic E-state index is -0.301. The predicted molar refractivity (Wildman–Crippen MR) is 97.1 cm³/mol. The maximum absolute atomic E-state index is 12.4. The minimum absolute atomic E-state index is 0.00742. The van der Waals surface area contributed by atoms with Crippen LogP contribution in [-0.4, -0.2) is 39.7 Å². The van der Waals surface area contributed by atoms with Crippen molar-refractivity contribution in [2.45, 2.75) is 20.3 Å². The topological polar surface area (TPSA) is 90.6 Å². The number of hydrogen-bond acceptors (Lipinski definition) is 6. The molecule has 0 atom stereocenters. The molecule has 9 heteroatoms. The van der Waals surface area contributed by atoms with E-state index >= 15 is 0 Å². The summed E-state index contributed by atoms with van der Waals surface area (Å²) in [6.07, 6.45) is -0.00742. The third-order valence-corrected chi connectivity index (χ3v) is 4.04. The molecule has 0 aliphatic carbocycles. The normalized spacial score (nSPS) is 10.8. The van der Waals surface area contributed by atoms with Crippen molar-refractivity contribution in [1.82, 2.24) is 19.6 Å². The van der Waals surface area contributed by atoms with Crippen LogP contribution in [0.5, 0.6) is 11.5 Å². The molecule has 3 rings (SSSR count). The van der Waals surface area contributed by atoms with Gasteiger partial charge in [0.05, 0.1) is 31.4 Å². The average Bonchev–Trinajstić information content (AvgIpc) is 2.98. The van der Waals surface area contributed by atoms with Gasteiger partial charge in [-0.3, -0.25) is 4.79 Å². The van der Waals surface area contributed by atoms with Crippen molar-refractivity contribution >= 4 is 29.0 Å². The molecule has 0 fully saturated rings. The maximum Gasteiger partial charge on any atom is 0.252 e. The van der Waals surface area contributed by atoms with E-state index in [1.54, 1.807) is 16.6 Å². The number of amides is 1. The van der Waals surface area contributed by atoms with Crippen LogP contribution in [0.1, 0.15) is 17.2 Å². The molecule has 0 saturated heterocycles. The highest BCUT2D eigenvalue weighted by atomic mass is 35.5. The first-order valence-corrected chi connectivity index (χ1v) is 8.20. The lowest BCUT2D eigenvalue weighted by atomic mass is 10.2. The second-order valence-electron chi connectivity index (χ2n) is 5.69. The molecule has 0 aliphatic heterocycles. The van der Waals surface area contributed by atoms with Gasteiger partial charge < -0.3 is 14.8 Å². The van der Waals surface area contributed by atoms with E-state index in [0.29, 0.717) is 33.8 Å². The highest BCUT2D eigenvalue weighted by molar-refractivity contribution is 6.34. The van der Waals surface area contributed by atoms with Gasteiger partial charge >= 0.3 is 0 Å². The van der Waals surface area contributed by atoms with Crippen LogP contribution < -0.4 is 14.8 Å². The summed E-state index contributed by atoms with van der Waals surface area (Å²) in [4.78, 5) is 21.0. The maximum atomic E-state index is 12.4. The van der Waals surface area contributed by atoms with Gasteiger partial charge in [-0.1, -0.05) is 11.6 Å². The first-order valence-electron chi connectivity index (χ1n) is 7.82. The number of nitrogens with one attached hydrogen (secondary N) is 1. The SMILES string of the molecule is COc1cc(Cl)c(NC(=O)Cc2nc3nc(C)cc(C)n3n2)cc1OC. The van der Waals surface area contributed by atoms with E-state index in [1.807, 2.05) is 19.9 Å². The molecule has 136 valence electrons. The average molecular weight is 376 g/mol. The molecule has 1 N–H and O–H groups in total. The fourth-order valence-electron chi connectivity index (χ4n) is 2.57. The summed E-state index contributed by atoms with van der Waals surface area (Å²) in [6, 6.07) is 5.08. The van der Waals surface area contributed by atoms with E-state index in [4.69, 9.17) is 21.1 Å². The molecule has 1 aromatic carbocycles. The van der Waals surface area contributed by atoms with E-state index in [0.717, 1.165) is 11.4 Å². The van der Waals surface area contributed by atoms with Crippen LogP contribution in [0.15, 0.2) is 18.2 Å². The van der Waals surface area contributed by atoms with Crippen LogP contribution in [0.2, 0.25) is 5.02 Å². The van der Waals surface area contributed by atoms with Gasteiger partial charge in [-0.25, -0.2) is 9.50 Å². The van der Waals surface area contributed by atoms with Crippen molar-refractivity contribution in [1.29, 1.82) is 0 Å². The van der Waals surface area contributed by atoms with Crippen molar-refractivity contribution < 1.29 is 14.3 Å². The van der Waals surface area contributed by atoms with Crippen molar-refractivity contribution in [3.8, 4) is 11.5 Å². The predicted octanol–water partition coefficient (Wildman–Crippen LogP) is 2.59. The zero-order valence-corrected chi connectivity index (χ0v) is 15.6. The Morgan fingerprint density at radius 3 is 2.54 bits per heavy atom. The summed E-state index contributed by atoms with van der Waals surface area (Å²) in [5.41, 5.74) is 2.16. The number of halogens is 1. The number of rotatable bonds is 5. The Balaban J connectivity index is 1.80. The number of carbonyl (C=O) groups excluding carboxylic acids is 1. The molecule has 26 heavy (non-hydrogen) atoms. The quantitative estimate of drug-likeness (QED) is 0.737. The highest BCUT2D eigenvalue weighted by Crippen LogP contribution is 2.36. The molecule has 2 aromatic heterocycles. The van der Waals surface area contributed by atoms with Gasteiger partial charge in [0.1, 0.15) is 0 Å². The van der Waals surface area contributed by atoms with Crippen molar-refractivity contribution in [3.05, 3.63) is 40.4 Å². The van der Waals surface area contributed by atoms with Gasteiger partial charge in [-0.2, -0.15) is 4.98 Å². The smallest absolute Gasteiger partial charge is 0.252 e. The number of aryl methyl sites for hydroxylation is 2. The lowest BCUT2D eigenvalue weighted by Crippen LogP contribution is -2.15. The van der Waals surface area contributed by atoms with Gasteiger partial charge in [0.15, 0.2) is 17.3 Å². The molecule has 8 nitrogen and oxygen atoms in total. The monoisotopic (exact) mass is 375 g/mol. The Morgan fingerprint density at radius 2 is 1.85 bits per heavy atom. The molecule has 0 unspecified atom stereocenters. The minimum Gasteiger partial charge on any atom is -0.493 e. The third kappa shape index (κ3) is 3.55. The van der Waals surface area contributed by atoms with E-state index in [1.165, 1.54) is 14.2 Å². The Hall–Kier alpha value is -2.87. The number of methoxy groups -OCH3 is 2. The lowest BCUT2D eigenvalue weighted by molar-refractivity contribution is -0.115. The molecule has 0 spiro atoms. The zero-order valence-electron chi connectivity index (χ0n) is 14.8. The summed E-state index contributed by atoms with van der Waals surface area (Å²) in [6.45, 7) is 3.79. The Kier molecular flexibility index (Phi) is 4.94. The number of anilines is 1. The molecule has 0 saturated carbocycles. The van der Waals surface area contributed by atoms with Crippen molar-refractivity contribution in [3.63, 3.8) is 0 Å². The Bertz CT molecular complexity index is 986. The molecule has 2 heterocycles. The first kappa shape index (κ1) is 17.9. The molecule has 1 amide bonds. The number of benzene rings is 1. The van der Waals surface area contributed by atoms with Crippen LogP contribution >= 0.6 is 11.6 Å². The van der Waals surface area contributed by atoms with Crippen molar-refractivity contribution in [2.75, 3.05) is 19.5 Å². The second-order valence-corrected chi connectivity index (χ2v) is 6.10. The van der Waals surface area contributed by atoms with Crippen LogP contribution in [0.25, 0.3) is 5.78 Å². The molecule has 0 radical (unpaired) electrons. The summed E-state index contributed by atoms with van der Waals surface area (Å²) < 4.78 is 12.0. The number of hydrogen-bond donors (Lipinski definition) is 1. The van der Waals surface area contributed by atoms with Gasteiger partial charge in [-0.05, 0) is 19.9 Å². The molecule has 0 aliphatic rings. The van der Waals surface area contributed by atoms with Crippen LogP contribution in [0, 0.1) is 13.8 Å². The number of carbonyl (C=O) groups is 1. The standard InChI is InChI=1S/C17H18ClN5O3/c1-9-5-10(2)23-17(19-9)21-15(22-23)8-16(24)20-12-7-14(26-4)13(25-3)6-11(12)18/h5-7H,8H2,1-4H3,(H,20,24). The van der Waals surface area contributed by atoms with E-state index in [-0.39, 0.29) is 12.3 Å². The number of fused-ring (bicyclic) bond motifs is 1. The molecular formula is C17H18ClN5O3. The third-order valence-electron chi connectivity index (χ3n) is 3.73. The highest BCUT2D eigenvalue weighted by Gasteiger charge is 2.15. The van der Waals surface area contributed by atoms with E-state index in [2.05, 4.69) is 20.4 Å². The fourth-order valence-corrected chi connectivity index (χ4v) is 2.77. The van der Waals surface area contributed by atoms with Crippen LogP contribution in [-0.2, 0) is 11.2 Å². The number of nitrogens with zero attached hydrogens (tertiary/aromatic N) is 4. The largest absolute Gasteiger partial charge is 0.493 e. The second kappa shape index (κ2) is 7.17. The lowest BCUT2D eigenvalue weighted by Gasteiger charge is -2.12. The Labute approximate surface area is 155 Å². The summed E-state index contributed by atoms with van der Waals surface area (Å²) in [5.74, 6) is 1.49. The van der Waals surface area contributed by atoms with Gasteiger partial charge in [0.25, 0.3) is 5.78 Å². The molecule has 3 aromatic rings. The number of aromatic nitrogens is 4. The summed E-state index contributed by atoms with van der Waals surface area (Å²) in [7, 11) is 3.02. The van der Waals surface area contributed by atoms with E-state index in [9.17, 15) is 4.79 Å². The van der Waals surface area contributed by atoms with Gasteiger partial charge in [0.2, 0.25) is 5.91 Å². The van der Waals surface area contributed by atoms with Gasteiger partial charge in [0, 0.05) is 23.5 Å². The van der Waals surface area contributed by atoms with Crippen LogP contribution in [0.4, 0.5) is 5.69 Å². The summed E-state index contributed by atoms with van der Waals surface area (Å²) in [5, 5.41) is 7.40. The Morgan fingerprint density at radius 1 is 1.15 bits per heavy atom. The first-order chi connectivity index (χ1) is 12.4. The van der Waals surface area contributed by atoms with Crippen molar-refractivity contribution in [2.24, 2.45) is 0 Å². The fraction of sp³-hybridized carbons (Fsp3) is 0.294. The molecular weight excluding hydrogens is 358 g/mol. The van der Waals surface area contributed by atoms with E-state index < -0.39 is 0 Å². The zero-order chi connectivity index (χ0) is 18.8. The molecule has 0 bridgehead atoms. The number of ether oxygens (including phenoxy) is 2. The van der Waals surface area contributed by atoms with Gasteiger partial charge in [-0.15, -0.1) is 5.10 Å². The summed E-state index contributed by atoms with van der Waals surface area (Å²) >= 11 is 6.19. The van der Waals surface area contributed by atoms with Crippen LogP contribution in [0.3, 0.4) is 0 Å².